The molecule has 1 aromatic rings. The van der Waals surface area contributed by atoms with Gasteiger partial charge < -0.3 is 10.6 Å². The van der Waals surface area contributed by atoms with Crippen LogP contribution in [0, 0.1) is 11.6 Å². The van der Waals surface area contributed by atoms with Crippen molar-refractivity contribution < 1.29 is 13.6 Å². The molecule has 1 aromatic carbocycles. The number of carbonyl (C=O) groups excluding carboxylic acids is 1. The zero-order valence-electron chi connectivity index (χ0n) is 9.47. The number of anilines is 1. The van der Waals surface area contributed by atoms with Crippen molar-refractivity contribution >= 4 is 11.6 Å². The highest BCUT2D eigenvalue weighted by atomic mass is 19.1. The van der Waals surface area contributed by atoms with Crippen molar-refractivity contribution in [3.05, 3.63) is 29.8 Å². The van der Waals surface area contributed by atoms with Gasteiger partial charge in [0.1, 0.15) is 11.6 Å². The molecule has 0 aliphatic heterocycles. The second-order valence-electron chi connectivity index (χ2n) is 4.28. The molecule has 1 aliphatic carbocycles. The average Bonchev–Trinajstić information content (AvgIpc) is 3.06. The van der Waals surface area contributed by atoms with Gasteiger partial charge in [0.15, 0.2) is 0 Å². The molecule has 1 aliphatic rings. The summed E-state index contributed by atoms with van der Waals surface area (Å²) >= 11 is 0. The summed E-state index contributed by atoms with van der Waals surface area (Å²) in [5, 5.41) is 5.52. The second kappa shape index (κ2) is 4.79. The Balaban J connectivity index is 1.96. The molecule has 17 heavy (non-hydrogen) atoms. The Morgan fingerprint density at radius 1 is 1.41 bits per heavy atom. The van der Waals surface area contributed by atoms with Crippen LogP contribution in [0.3, 0.4) is 0 Å². The SMILES string of the molecule is CC(NC1CC1)C(=O)Nc1ccc(F)cc1F. The molecule has 0 spiro atoms. The fourth-order valence-corrected chi connectivity index (χ4v) is 1.51. The molecular weight excluding hydrogens is 226 g/mol. The molecule has 0 saturated heterocycles. The zero-order valence-corrected chi connectivity index (χ0v) is 9.47. The molecule has 1 fully saturated rings. The van der Waals surface area contributed by atoms with Gasteiger partial charge in [-0.3, -0.25) is 4.79 Å². The van der Waals surface area contributed by atoms with Crippen LogP contribution in [0.4, 0.5) is 14.5 Å². The number of halogens is 2. The number of carbonyl (C=O) groups is 1. The third-order valence-corrected chi connectivity index (χ3v) is 2.65. The summed E-state index contributed by atoms with van der Waals surface area (Å²) in [5.41, 5.74) is 0.000784. The molecule has 92 valence electrons. The first-order chi connectivity index (χ1) is 8.06. The average molecular weight is 240 g/mol. The van der Waals surface area contributed by atoms with Gasteiger partial charge in [0.05, 0.1) is 11.7 Å². The Labute approximate surface area is 98.2 Å². The van der Waals surface area contributed by atoms with Crippen molar-refractivity contribution in [3.63, 3.8) is 0 Å². The van der Waals surface area contributed by atoms with Crippen molar-refractivity contribution in [2.45, 2.75) is 31.8 Å². The van der Waals surface area contributed by atoms with Gasteiger partial charge in [-0.15, -0.1) is 0 Å². The second-order valence-corrected chi connectivity index (χ2v) is 4.28. The first-order valence-electron chi connectivity index (χ1n) is 5.58. The highest BCUT2D eigenvalue weighted by Crippen LogP contribution is 2.20. The van der Waals surface area contributed by atoms with Crippen molar-refractivity contribution in [1.29, 1.82) is 0 Å². The lowest BCUT2D eigenvalue weighted by atomic mass is 10.2. The fraction of sp³-hybridized carbons (Fsp3) is 0.417. The lowest BCUT2D eigenvalue weighted by Crippen LogP contribution is -2.39. The van der Waals surface area contributed by atoms with E-state index in [-0.39, 0.29) is 17.6 Å². The molecule has 0 aromatic heterocycles. The number of hydrogen-bond donors (Lipinski definition) is 2. The first kappa shape index (κ1) is 12.0. The largest absolute Gasteiger partial charge is 0.322 e. The summed E-state index contributed by atoms with van der Waals surface area (Å²) in [6, 6.07) is 3.08. The Kier molecular flexibility index (Phi) is 3.38. The van der Waals surface area contributed by atoms with E-state index < -0.39 is 11.6 Å². The lowest BCUT2D eigenvalue weighted by molar-refractivity contribution is -0.117. The van der Waals surface area contributed by atoms with Crippen molar-refractivity contribution in [1.82, 2.24) is 5.32 Å². The Morgan fingerprint density at radius 2 is 2.12 bits per heavy atom. The van der Waals surface area contributed by atoms with Crippen LogP contribution in [0.1, 0.15) is 19.8 Å². The van der Waals surface area contributed by atoms with Gasteiger partial charge in [0.2, 0.25) is 5.91 Å². The van der Waals surface area contributed by atoms with Gasteiger partial charge in [-0.2, -0.15) is 0 Å². The van der Waals surface area contributed by atoms with E-state index in [0.29, 0.717) is 6.04 Å². The van der Waals surface area contributed by atoms with Gasteiger partial charge in [-0.05, 0) is 31.9 Å². The molecule has 1 atom stereocenters. The molecule has 1 saturated carbocycles. The van der Waals surface area contributed by atoms with E-state index in [2.05, 4.69) is 10.6 Å². The molecule has 5 heteroatoms. The minimum Gasteiger partial charge on any atom is -0.322 e. The number of nitrogens with one attached hydrogen (secondary N) is 2. The lowest BCUT2D eigenvalue weighted by Gasteiger charge is -2.13. The monoisotopic (exact) mass is 240 g/mol. The third-order valence-electron chi connectivity index (χ3n) is 2.65. The molecule has 3 nitrogen and oxygen atoms in total. The predicted octanol–water partition coefficient (Wildman–Crippen LogP) is 2.04. The van der Waals surface area contributed by atoms with E-state index in [1.165, 1.54) is 6.07 Å². The van der Waals surface area contributed by atoms with Crippen molar-refractivity contribution in [3.8, 4) is 0 Å². The summed E-state index contributed by atoms with van der Waals surface area (Å²) < 4.78 is 25.9. The number of benzene rings is 1. The highest BCUT2D eigenvalue weighted by molar-refractivity contribution is 5.94. The number of amides is 1. The fourth-order valence-electron chi connectivity index (χ4n) is 1.51. The maximum atomic E-state index is 13.3. The third kappa shape index (κ3) is 3.23. The Bertz CT molecular complexity index is 433. The van der Waals surface area contributed by atoms with Crippen LogP contribution in [-0.2, 0) is 4.79 Å². The quantitative estimate of drug-likeness (QED) is 0.845. The minimum atomic E-state index is -0.767. The van der Waals surface area contributed by atoms with E-state index >= 15 is 0 Å². The van der Waals surface area contributed by atoms with Gasteiger partial charge in [0, 0.05) is 12.1 Å². The first-order valence-corrected chi connectivity index (χ1v) is 5.58. The van der Waals surface area contributed by atoms with Crippen LogP contribution in [0.2, 0.25) is 0 Å². The summed E-state index contributed by atoms with van der Waals surface area (Å²) in [7, 11) is 0. The van der Waals surface area contributed by atoms with Crippen LogP contribution in [0.25, 0.3) is 0 Å². The summed E-state index contributed by atoms with van der Waals surface area (Å²) in [5.74, 6) is -1.75. The van der Waals surface area contributed by atoms with Gasteiger partial charge in [-0.25, -0.2) is 8.78 Å². The Morgan fingerprint density at radius 3 is 2.71 bits per heavy atom. The minimum absolute atomic E-state index is 0.000784. The van der Waals surface area contributed by atoms with Crippen LogP contribution in [0.15, 0.2) is 18.2 Å². The van der Waals surface area contributed by atoms with Crippen LogP contribution in [0.5, 0.6) is 0 Å². The highest BCUT2D eigenvalue weighted by Gasteiger charge is 2.25. The van der Waals surface area contributed by atoms with E-state index in [1.807, 2.05) is 0 Å². The molecule has 2 N–H and O–H groups in total. The molecule has 1 unspecified atom stereocenters. The summed E-state index contributed by atoms with van der Waals surface area (Å²) in [4.78, 5) is 11.7. The van der Waals surface area contributed by atoms with E-state index in [0.717, 1.165) is 25.0 Å². The smallest absolute Gasteiger partial charge is 0.241 e. The van der Waals surface area contributed by atoms with Crippen LogP contribution >= 0.6 is 0 Å². The molecule has 1 amide bonds. The van der Waals surface area contributed by atoms with E-state index in [1.54, 1.807) is 6.92 Å². The topological polar surface area (TPSA) is 41.1 Å². The number of rotatable bonds is 4. The summed E-state index contributed by atoms with van der Waals surface area (Å²) in [6.45, 7) is 1.72. The van der Waals surface area contributed by atoms with E-state index in [4.69, 9.17) is 0 Å². The standard InChI is InChI=1S/C12H14F2N2O/c1-7(15-9-3-4-9)12(17)16-11-5-2-8(13)6-10(11)14/h2,5-7,9,15H,3-4H2,1H3,(H,16,17). The molecular formula is C12H14F2N2O. The van der Waals surface area contributed by atoms with Gasteiger partial charge >= 0.3 is 0 Å². The summed E-state index contributed by atoms with van der Waals surface area (Å²) in [6.07, 6.45) is 2.14. The zero-order chi connectivity index (χ0) is 12.4. The molecule has 0 bridgehead atoms. The van der Waals surface area contributed by atoms with Gasteiger partial charge in [0.25, 0.3) is 0 Å². The maximum Gasteiger partial charge on any atom is 0.241 e. The van der Waals surface area contributed by atoms with Gasteiger partial charge in [-0.1, -0.05) is 0 Å². The number of hydrogen-bond acceptors (Lipinski definition) is 2. The van der Waals surface area contributed by atoms with Crippen molar-refractivity contribution in [2.24, 2.45) is 0 Å². The van der Waals surface area contributed by atoms with Crippen LogP contribution in [-0.4, -0.2) is 18.0 Å². The van der Waals surface area contributed by atoms with Crippen molar-refractivity contribution in [2.75, 3.05) is 5.32 Å². The normalized spacial score (nSPS) is 16.6. The van der Waals surface area contributed by atoms with Crippen LogP contribution < -0.4 is 10.6 Å². The molecule has 0 radical (unpaired) electrons. The molecule has 0 heterocycles. The van der Waals surface area contributed by atoms with E-state index in [9.17, 15) is 13.6 Å². The molecule has 2 rings (SSSR count). The Hall–Kier alpha value is -1.49. The maximum absolute atomic E-state index is 13.3. The predicted molar refractivity (Wildman–Crippen MR) is 60.6 cm³/mol.